The number of benzene rings is 2. The zero-order chi connectivity index (χ0) is 11.0. The maximum atomic E-state index is 8.40. The van der Waals surface area contributed by atoms with Gasteiger partial charge in [0.2, 0.25) is 0 Å². The Morgan fingerprint density at radius 1 is 1.00 bits per heavy atom. The van der Waals surface area contributed by atoms with Gasteiger partial charge < -0.3 is 0 Å². The van der Waals surface area contributed by atoms with Crippen LogP contribution >= 0.6 is 0 Å². The molecule has 0 unspecified atom stereocenters. The first kappa shape index (κ1) is 11.2. The zero-order valence-corrected chi connectivity index (χ0v) is 8.59. The fourth-order valence-electron chi connectivity index (χ4n) is 2.25. The fraction of sp³-hybridized carbons (Fsp3) is 0.143. The fourth-order valence-corrected chi connectivity index (χ4v) is 2.25. The lowest BCUT2D eigenvalue weighted by Crippen LogP contribution is -1.78. The standard InChI is InChI=1S/C13H9N3.CH4/c14-16-15-11-5-6-13-10(8-11)7-9-3-1-2-4-12(9)13;/h1-6,8H,7H2;1H4. The topological polar surface area (TPSA) is 48.8 Å². The molecule has 3 nitrogen and oxygen atoms in total. The Balaban J connectivity index is 0.00000108. The normalized spacial score (nSPS) is 10.8. The van der Waals surface area contributed by atoms with E-state index < -0.39 is 0 Å². The van der Waals surface area contributed by atoms with Crippen LogP contribution in [0, 0.1) is 0 Å². The molecule has 0 aliphatic heterocycles. The van der Waals surface area contributed by atoms with E-state index in [1.165, 1.54) is 22.3 Å². The monoisotopic (exact) mass is 223 g/mol. The van der Waals surface area contributed by atoms with Crippen LogP contribution in [0.25, 0.3) is 21.6 Å². The average molecular weight is 223 g/mol. The van der Waals surface area contributed by atoms with E-state index in [1.54, 1.807) is 0 Å². The van der Waals surface area contributed by atoms with E-state index in [4.69, 9.17) is 5.53 Å². The highest BCUT2D eigenvalue weighted by Crippen LogP contribution is 2.37. The van der Waals surface area contributed by atoms with E-state index >= 15 is 0 Å². The van der Waals surface area contributed by atoms with Crippen molar-refractivity contribution in [3.8, 4) is 11.1 Å². The molecule has 0 radical (unpaired) electrons. The first-order valence-corrected chi connectivity index (χ1v) is 5.15. The van der Waals surface area contributed by atoms with Crippen molar-refractivity contribution in [2.45, 2.75) is 13.8 Å². The van der Waals surface area contributed by atoms with Crippen LogP contribution in [0.1, 0.15) is 18.6 Å². The van der Waals surface area contributed by atoms with Crippen LogP contribution in [-0.2, 0) is 6.42 Å². The number of azide groups is 1. The van der Waals surface area contributed by atoms with Gasteiger partial charge in [-0.15, -0.1) is 0 Å². The van der Waals surface area contributed by atoms with E-state index in [1.807, 2.05) is 18.2 Å². The summed E-state index contributed by atoms with van der Waals surface area (Å²) >= 11 is 0. The van der Waals surface area contributed by atoms with Gasteiger partial charge >= 0.3 is 0 Å². The van der Waals surface area contributed by atoms with Crippen LogP contribution in [0.5, 0.6) is 0 Å². The third kappa shape index (κ3) is 1.77. The second-order valence-electron chi connectivity index (χ2n) is 3.86. The highest BCUT2D eigenvalue weighted by atomic mass is 15.1. The first-order chi connectivity index (χ1) is 7.88. The molecule has 2 aromatic carbocycles. The molecular formula is C14H13N3. The van der Waals surface area contributed by atoms with Crippen LogP contribution in [0.15, 0.2) is 47.6 Å². The minimum Gasteiger partial charge on any atom is -0.0776 e. The highest BCUT2D eigenvalue weighted by molar-refractivity contribution is 5.78. The van der Waals surface area contributed by atoms with Crippen molar-refractivity contribution in [1.82, 2.24) is 0 Å². The molecule has 0 amide bonds. The molecule has 84 valence electrons. The zero-order valence-electron chi connectivity index (χ0n) is 8.59. The van der Waals surface area contributed by atoms with Gasteiger partial charge in [-0.1, -0.05) is 48.9 Å². The molecule has 0 heterocycles. The summed E-state index contributed by atoms with van der Waals surface area (Å²) in [7, 11) is 0. The number of fused-ring (bicyclic) bond motifs is 3. The van der Waals surface area contributed by atoms with Crippen LogP contribution in [-0.4, -0.2) is 0 Å². The summed E-state index contributed by atoms with van der Waals surface area (Å²) < 4.78 is 0. The summed E-state index contributed by atoms with van der Waals surface area (Å²) in [5.74, 6) is 0. The first-order valence-electron chi connectivity index (χ1n) is 5.15. The Labute approximate surface area is 100 Å². The molecule has 0 fully saturated rings. The number of rotatable bonds is 1. The second kappa shape index (κ2) is 4.32. The lowest BCUT2D eigenvalue weighted by atomic mass is 10.1. The molecule has 2 aromatic rings. The Hall–Kier alpha value is -2.25. The second-order valence-corrected chi connectivity index (χ2v) is 3.86. The van der Waals surface area contributed by atoms with Crippen LogP contribution < -0.4 is 0 Å². The Morgan fingerprint density at radius 3 is 2.59 bits per heavy atom. The Kier molecular flexibility index (Phi) is 2.86. The largest absolute Gasteiger partial charge is 0.0776 e. The van der Waals surface area contributed by atoms with Gasteiger partial charge in [0.25, 0.3) is 0 Å². The number of hydrogen-bond donors (Lipinski definition) is 0. The van der Waals surface area contributed by atoms with Crippen molar-refractivity contribution >= 4 is 5.69 Å². The summed E-state index contributed by atoms with van der Waals surface area (Å²) in [6.45, 7) is 0. The molecule has 0 saturated heterocycles. The molecule has 0 spiro atoms. The Morgan fingerprint density at radius 2 is 1.76 bits per heavy atom. The maximum Gasteiger partial charge on any atom is 0.0378 e. The van der Waals surface area contributed by atoms with Crippen molar-refractivity contribution in [2.24, 2.45) is 5.11 Å². The molecule has 3 heteroatoms. The molecule has 1 aliphatic carbocycles. The van der Waals surface area contributed by atoms with Crippen molar-refractivity contribution in [3.05, 3.63) is 64.0 Å². The van der Waals surface area contributed by atoms with Crippen molar-refractivity contribution in [2.75, 3.05) is 0 Å². The van der Waals surface area contributed by atoms with Gasteiger partial charge in [-0.3, -0.25) is 0 Å². The Bertz CT molecular complexity index is 611. The van der Waals surface area contributed by atoms with Gasteiger partial charge in [0, 0.05) is 10.6 Å². The summed E-state index contributed by atoms with van der Waals surface area (Å²) in [5.41, 5.74) is 14.2. The predicted molar refractivity (Wildman–Crippen MR) is 70.2 cm³/mol. The third-order valence-corrected chi connectivity index (χ3v) is 2.94. The molecular weight excluding hydrogens is 210 g/mol. The lowest BCUT2D eigenvalue weighted by Gasteiger charge is -2.00. The molecule has 3 rings (SSSR count). The molecule has 0 atom stereocenters. The quantitative estimate of drug-likeness (QED) is 0.322. The van der Waals surface area contributed by atoms with Gasteiger partial charge in [-0.2, -0.15) is 0 Å². The summed E-state index contributed by atoms with van der Waals surface area (Å²) in [6, 6.07) is 14.2. The summed E-state index contributed by atoms with van der Waals surface area (Å²) in [5, 5.41) is 3.63. The van der Waals surface area contributed by atoms with Crippen molar-refractivity contribution in [3.63, 3.8) is 0 Å². The molecule has 0 bridgehead atoms. The molecule has 0 N–H and O–H groups in total. The predicted octanol–water partition coefficient (Wildman–Crippen LogP) is 4.84. The number of nitrogens with zero attached hydrogens (tertiary/aromatic N) is 3. The summed E-state index contributed by atoms with van der Waals surface area (Å²) in [4.78, 5) is 2.81. The minimum atomic E-state index is 0. The summed E-state index contributed by atoms with van der Waals surface area (Å²) in [6.07, 6.45) is 0.931. The van der Waals surface area contributed by atoms with E-state index in [0.717, 1.165) is 6.42 Å². The van der Waals surface area contributed by atoms with E-state index in [-0.39, 0.29) is 7.43 Å². The average Bonchev–Trinajstić information content (AvgIpc) is 2.67. The molecule has 0 aromatic heterocycles. The molecule has 0 saturated carbocycles. The van der Waals surface area contributed by atoms with Gasteiger partial charge in [-0.05, 0) is 40.3 Å². The van der Waals surface area contributed by atoms with Crippen molar-refractivity contribution in [1.29, 1.82) is 0 Å². The van der Waals surface area contributed by atoms with E-state index in [9.17, 15) is 0 Å². The van der Waals surface area contributed by atoms with Gasteiger partial charge in [-0.25, -0.2) is 0 Å². The van der Waals surface area contributed by atoms with Crippen molar-refractivity contribution < 1.29 is 0 Å². The SMILES string of the molecule is C.[N-]=[N+]=Nc1ccc2c(c1)Cc1ccccc1-2. The van der Waals surface area contributed by atoms with Crippen LogP contribution in [0.3, 0.4) is 0 Å². The van der Waals surface area contributed by atoms with Gasteiger partial charge in [0.1, 0.15) is 0 Å². The highest BCUT2D eigenvalue weighted by Gasteiger charge is 2.17. The molecule has 1 aliphatic rings. The van der Waals surface area contributed by atoms with Crippen LogP contribution in [0.2, 0.25) is 0 Å². The third-order valence-electron chi connectivity index (χ3n) is 2.94. The van der Waals surface area contributed by atoms with Crippen LogP contribution in [0.4, 0.5) is 5.69 Å². The minimum absolute atomic E-state index is 0. The number of hydrogen-bond acceptors (Lipinski definition) is 1. The maximum absolute atomic E-state index is 8.40. The van der Waals surface area contributed by atoms with E-state index in [2.05, 4.69) is 34.3 Å². The van der Waals surface area contributed by atoms with Gasteiger partial charge in [0.05, 0.1) is 0 Å². The lowest BCUT2D eigenvalue weighted by molar-refractivity contribution is 1.26. The van der Waals surface area contributed by atoms with E-state index in [0.29, 0.717) is 5.69 Å². The van der Waals surface area contributed by atoms with Gasteiger partial charge in [0.15, 0.2) is 0 Å². The molecule has 17 heavy (non-hydrogen) atoms. The smallest absolute Gasteiger partial charge is 0.0378 e.